The summed E-state index contributed by atoms with van der Waals surface area (Å²) in [6.45, 7) is 2.71. The SMILES string of the molecule is NC(N)=NCCC[C@H](NC(=O)CNC(=O)[C@@H](N)CCC(=O)NCCCOCCOCCOCCCNc1ccc([N+](=O)[O-])cc1[N+](=O)[O-])C(=O)CCl.O=C(O)C(F)(F)F.O=C(O)C(F)(F)F. The van der Waals surface area contributed by atoms with Gasteiger partial charge in [-0.25, -0.2) is 9.59 Å². The van der Waals surface area contributed by atoms with Crippen molar-refractivity contribution in [2.75, 3.05) is 77.0 Å². The van der Waals surface area contributed by atoms with Gasteiger partial charge in [0.2, 0.25) is 17.7 Å². The van der Waals surface area contributed by atoms with Crippen LogP contribution in [0.15, 0.2) is 23.2 Å². The number of nitro groups is 2. The number of carbonyl (C=O) groups excluding carboxylic acids is 4. The minimum atomic E-state index is -5.08. The lowest BCUT2D eigenvalue weighted by atomic mass is 10.1. The van der Waals surface area contributed by atoms with Gasteiger partial charge in [-0.3, -0.25) is 44.4 Å². The van der Waals surface area contributed by atoms with Crippen LogP contribution in [0.4, 0.5) is 43.4 Å². The number of Topliss-reactive ketones (excluding diaryl/α,β-unsaturated/α-hetero) is 1. The first-order valence-corrected chi connectivity index (χ1v) is 19.5. The molecule has 1 aromatic carbocycles. The number of halogens is 7. The second-order valence-electron chi connectivity index (χ2n) is 12.7. The van der Waals surface area contributed by atoms with Gasteiger partial charge >= 0.3 is 24.3 Å². The summed E-state index contributed by atoms with van der Waals surface area (Å²) in [5.41, 5.74) is 15.8. The number of hydrogen-bond acceptors (Lipinski definition) is 16. The van der Waals surface area contributed by atoms with Crippen molar-refractivity contribution in [3.63, 3.8) is 0 Å². The van der Waals surface area contributed by atoms with Crippen LogP contribution in [0.25, 0.3) is 0 Å². The summed E-state index contributed by atoms with van der Waals surface area (Å²) in [6.07, 6.45) is -8.34. The number of benzene rings is 1. The highest BCUT2D eigenvalue weighted by Gasteiger charge is 2.39. The van der Waals surface area contributed by atoms with Gasteiger partial charge in [-0.2, -0.15) is 26.3 Å². The Bertz CT molecular complexity index is 1720. The van der Waals surface area contributed by atoms with Crippen molar-refractivity contribution in [2.45, 2.75) is 63.0 Å². The standard InChI is InChI=1S/C30H49ClN10O11.2C2HF3O2/c31-19-26(42)24(4-1-9-37-30(33)34)39-28(44)20-38-29(45)22(32)6-8-27(43)36-11-3-13-51-15-17-52-16-14-50-12-2-10-35-23-7-5-21(40(46)47)18-25(23)41(48)49;2*3-2(4,5)1(6)7/h5,7,18,22,24,35H,1-4,6,8-17,19-20,32H2,(H,36,43)(H,38,45)(H,39,44)(H4,33,34,37);2*(H,6,7)/t22-,24-;;/m0../s1. The van der Waals surface area contributed by atoms with Crippen molar-refractivity contribution < 1.29 is 89.4 Å². The molecule has 376 valence electrons. The van der Waals surface area contributed by atoms with Gasteiger partial charge in [-0.1, -0.05) is 0 Å². The fourth-order valence-electron chi connectivity index (χ4n) is 4.24. The average Bonchev–Trinajstić information content (AvgIpc) is 3.23. The van der Waals surface area contributed by atoms with Crippen LogP contribution in [-0.2, 0) is 43.0 Å². The quantitative estimate of drug-likeness (QED) is 0.00974. The highest BCUT2D eigenvalue weighted by atomic mass is 35.5. The smallest absolute Gasteiger partial charge is 0.475 e. The van der Waals surface area contributed by atoms with Crippen LogP contribution in [0.3, 0.4) is 0 Å². The molecule has 0 bridgehead atoms. The maximum atomic E-state index is 12.3. The van der Waals surface area contributed by atoms with Gasteiger partial charge in [0.05, 0.1) is 66.8 Å². The second kappa shape index (κ2) is 34.2. The first kappa shape index (κ1) is 61.9. The van der Waals surface area contributed by atoms with Gasteiger partial charge < -0.3 is 62.9 Å². The summed E-state index contributed by atoms with van der Waals surface area (Å²) >= 11 is 5.62. The highest BCUT2D eigenvalue weighted by Crippen LogP contribution is 2.28. The molecule has 66 heavy (non-hydrogen) atoms. The maximum Gasteiger partial charge on any atom is 0.490 e. The Labute approximate surface area is 375 Å². The predicted molar refractivity (Wildman–Crippen MR) is 218 cm³/mol. The minimum absolute atomic E-state index is 0.00152. The number of nitrogens with two attached hydrogens (primary N) is 3. The Balaban J connectivity index is 0. The summed E-state index contributed by atoms with van der Waals surface area (Å²) in [4.78, 5) is 90.9. The van der Waals surface area contributed by atoms with Crippen molar-refractivity contribution in [1.29, 1.82) is 0 Å². The number of nitrogens with one attached hydrogen (secondary N) is 4. The van der Waals surface area contributed by atoms with Crippen molar-refractivity contribution in [2.24, 2.45) is 22.2 Å². The van der Waals surface area contributed by atoms with Crippen LogP contribution < -0.4 is 38.5 Å². The lowest BCUT2D eigenvalue weighted by Gasteiger charge is -2.17. The monoisotopic (exact) mass is 988 g/mol. The molecule has 0 saturated carbocycles. The van der Waals surface area contributed by atoms with Crippen molar-refractivity contribution in [1.82, 2.24) is 16.0 Å². The van der Waals surface area contributed by atoms with E-state index in [1.165, 1.54) is 12.1 Å². The van der Waals surface area contributed by atoms with E-state index >= 15 is 0 Å². The van der Waals surface area contributed by atoms with E-state index < -0.39 is 70.4 Å². The highest BCUT2D eigenvalue weighted by molar-refractivity contribution is 6.28. The van der Waals surface area contributed by atoms with Gasteiger partial charge in [0, 0.05) is 45.3 Å². The minimum Gasteiger partial charge on any atom is -0.475 e. The van der Waals surface area contributed by atoms with E-state index in [1.807, 2.05) is 0 Å². The average molecular weight is 989 g/mol. The molecule has 0 radical (unpaired) electrons. The first-order valence-electron chi connectivity index (χ1n) is 19.0. The number of alkyl halides is 7. The topological polar surface area (TPSA) is 395 Å². The fourth-order valence-corrected chi connectivity index (χ4v) is 4.42. The third-order valence-electron chi connectivity index (χ3n) is 7.43. The predicted octanol–water partition coefficient (Wildman–Crippen LogP) is 0.698. The molecule has 0 aliphatic heterocycles. The Morgan fingerprint density at radius 2 is 1.29 bits per heavy atom. The van der Waals surface area contributed by atoms with Gasteiger partial charge in [-0.05, 0) is 38.2 Å². The number of amides is 3. The van der Waals surface area contributed by atoms with E-state index in [1.54, 1.807) is 0 Å². The van der Waals surface area contributed by atoms with Crippen LogP contribution in [0.2, 0.25) is 0 Å². The molecule has 1 rings (SSSR count). The molecular weight excluding hydrogens is 938 g/mol. The molecule has 0 aliphatic rings. The van der Waals surface area contributed by atoms with Crippen LogP contribution in [0.5, 0.6) is 0 Å². The Hall–Kier alpha value is -6.18. The lowest BCUT2D eigenvalue weighted by Crippen LogP contribution is -2.49. The molecule has 12 N–H and O–H groups in total. The van der Waals surface area contributed by atoms with Gasteiger partial charge in [0.1, 0.15) is 5.69 Å². The summed E-state index contributed by atoms with van der Waals surface area (Å²) in [5, 5.41) is 46.7. The number of nitrogens with zero attached hydrogens (tertiary/aromatic N) is 3. The number of rotatable bonds is 30. The third-order valence-corrected chi connectivity index (χ3v) is 7.69. The van der Waals surface area contributed by atoms with Gasteiger partial charge in [-0.15, -0.1) is 11.6 Å². The van der Waals surface area contributed by atoms with E-state index in [-0.39, 0.29) is 60.6 Å². The van der Waals surface area contributed by atoms with Crippen LogP contribution in [0.1, 0.15) is 38.5 Å². The Morgan fingerprint density at radius 3 is 1.76 bits per heavy atom. The number of aliphatic imine (C=N–C) groups is 1. The van der Waals surface area contributed by atoms with Crippen molar-refractivity contribution >= 4 is 70.1 Å². The molecule has 0 unspecified atom stereocenters. The lowest BCUT2D eigenvalue weighted by molar-refractivity contribution is -0.393. The molecule has 25 nitrogen and oxygen atoms in total. The number of ether oxygens (including phenoxy) is 3. The number of carboxylic acid groups (broad SMARTS) is 2. The zero-order valence-corrected chi connectivity index (χ0v) is 35.6. The normalized spacial score (nSPS) is 11.8. The molecule has 3 amide bonds. The summed E-state index contributed by atoms with van der Waals surface area (Å²) in [7, 11) is 0. The van der Waals surface area contributed by atoms with Gasteiger partial charge in [0.25, 0.3) is 11.4 Å². The summed E-state index contributed by atoms with van der Waals surface area (Å²) in [5.74, 6) is -7.82. The molecule has 0 spiro atoms. The van der Waals surface area contributed by atoms with Crippen molar-refractivity contribution in [3.8, 4) is 0 Å². The number of nitro benzene ring substituents is 2. The molecule has 0 heterocycles. The summed E-state index contributed by atoms with van der Waals surface area (Å²) < 4.78 is 79.8. The molecule has 0 aliphatic carbocycles. The third kappa shape index (κ3) is 32.5. The number of carboxylic acids is 2. The second-order valence-corrected chi connectivity index (χ2v) is 12.9. The molecule has 0 aromatic heterocycles. The molecule has 1 aromatic rings. The van der Waals surface area contributed by atoms with Crippen LogP contribution in [-0.4, -0.2) is 158 Å². The number of aliphatic carboxylic acids is 2. The number of carbonyl (C=O) groups is 6. The molecule has 32 heteroatoms. The maximum absolute atomic E-state index is 12.3. The molecule has 2 atom stereocenters. The van der Waals surface area contributed by atoms with E-state index in [9.17, 15) is 65.7 Å². The zero-order valence-electron chi connectivity index (χ0n) is 34.8. The molecular formula is C34H51ClF6N10O15. The number of guanidine groups is 1. The number of anilines is 1. The summed E-state index contributed by atoms with van der Waals surface area (Å²) in [6, 6.07) is 1.52. The zero-order chi connectivity index (χ0) is 50.9. The van der Waals surface area contributed by atoms with E-state index in [0.29, 0.717) is 72.0 Å². The van der Waals surface area contributed by atoms with Gasteiger partial charge in [0.15, 0.2) is 11.7 Å². The van der Waals surface area contributed by atoms with E-state index in [2.05, 4.69) is 26.3 Å². The van der Waals surface area contributed by atoms with Crippen molar-refractivity contribution in [3.05, 3.63) is 38.4 Å². The first-order chi connectivity index (χ1) is 30.7. The fraction of sp³-hybridized carbons (Fsp3) is 0.618. The Kier molecular flexibility index (Phi) is 32.1. The molecule has 0 fully saturated rings. The van der Waals surface area contributed by atoms with Crippen LogP contribution in [0, 0.1) is 20.2 Å². The molecule has 0 saturated heterocycles. The number of hydrogen-bond donors (Lipinski definition) is 9. The Morgan fingerprint density at radius 1 is 0.773 bits per heavy atom. The number of ketones is 1. The van der Waals surface area contributed by atoms with E-state index in [4.69, 9.17) is 62.8 Å². The van der Waals surface area contributed by atoms with E-state index in [0.717, 1.165) is 6.07 Å². The largest absolute Gasteiger partial charge is 0.490 e. The number of non-ortho nitro benzene ring substituents is 1. The van der Waals surface area contributed by atoms with Crippen LogP contribution >= 0.6 is 11.6 Å².